The van der Waals surface area contributed by atoms with Gasteiger partial charge in [-0.3, -0.25) is 4.79 Å². The van der Waals surface area contributed by atoms with Crippen LogP contribution in [0.1, 0.15) is 15.9 Å². The summed E-state index contributed by atoms with van der Waals surface area (Å²) in [7, 11) is 0. The van der Waals surface area contributed by atoms with E-state index in [1.54, 1.807) is 24.3 Å². The molecule has 94 valence electrons. The number of primary amides is 1. The number of carbonyl (C=O) groups excluding carboxylic acids is 1. The van der Waals surface area contributed by atoms with Gasteiger partial charge in [-0.15, -0.1) is 0 Å². The lowest BCUT2D eigenvalue weighted by Gasteiger charge is -2.09. The van der Waals surface area contributed by atoms with E-state index in [0.29, 0.717) is 11.5 Å². The summed E-state index contributed by atoms with van der Waals surface area (Å²) in [4.78, 5) is 11.2. The summed E-state index contributed by atoms with van der Waals surface area (Å²) in [6.07, 6.45) is 0. The van der Waals surface area contributed by atoms with Crippen molar-refractivity contribution in [2.45, 2.75) is 0 Å². The molecule has 1 amide bonds. The van der Waals surface area contributed by atoms with E-state index in [2.05, 4.69) is 0 Å². The molecular weight excluding hydrogens is 244 g/mol. The zero-order valence-electron chi connectivity index (χ0n) is 9.83. The summed E-state index contributed by atoms with van der Waals surface area (Å²) in [5.41, 5.74) is 5.62. The molecule has 0 aromatic heterocycles. The molecule has 0 aliphatic heterocycles. The molecule has 0 fully saturated rings. The van der Waals surface area contributed by atoms with Crippen LogP contribution in [0.4, 0.5) is 0 Å². The molecule has 0 atom stereocenters. The van der Waals surface area contributed by atoms with Crippen LogP contribution in [-0.4, -0.2) is 11.0 Å². The van der Waals surface area contributed by atoms with Gasteiger partial charge < -0.3 is 15.6 Å². The number of phenols is 1. The first-order valence-electron chi connectivity index (χ1n) is 5.41. The van der Waals surface area contributed by atoms with Crippen molar-refractivity contribution >= 4 is 5.91 Å². The van der Waals surface area contributed by atoms with E-state index >= 15 is 0 Å². The van der Waals surface area contributed by atoms with Gasteiger partial charge >= 0.3 is 0 Å². The Morgan fingerprint density at radius 3 is 2.63 bits per heavy atom. The van der Waals surface area contributed by atoms with Gasteiger partial charge in [-0.25, -0.2) is 0 Å². The Morgan fingerprint density at radius 1 is 1.26 bits per heavy atom. The molecule has 0 bridgehead atoms. The molecule has 0 saturated carbocycles. The van der Waals surface area contributed by atoms with Crippen LogP contribution in [-0.2, 0) is 0 Å². The summed E-state index contributed by atoms with van der Waals surface area (Å²) in [6, 6.07) is 12.6. The number of hydrogen-bond donors (Lipinski definition) is 2. The van der Waals surface area contributed by atoms with Crippen LogP contribution in [0.15, 0.2) is 42.5 Å². The Bertz CT molecular complexity index is 675. The predicted octanol–water partition coefficient (Wildman–Crippen LogP) is 2.16. The predicted molar refractivity (Wildman–Crippen MR) is 67.9 cm³/mol. The lowest BCUT2D eigenvalue weighted by molar-refractivity contribution is 0.0998. The molecule has 5 heteroatoms. The minimum absolute atomic E-state index is 0.149. The molecule has 5 nitrogen and oxygen atoms in total. The van der Waals surface area contributed by atoms with E-state index < -0.39 is 5.91 Å². The number of nitriles is 1. The third-order valence-corrected chi connectivity index (χ3v) is 2.47. The number of nitrogens with zero attached hydrogens (tertiary/aromatic N) is 1. The number of amides is 1. The first-order chi connectivity index (χ1) is 9.11. The maximum absolute atomic E-state index is 11.2. The quantitative estimate of drug-likeness (QED) is 0.877. The molecule has 0 heterocycles. The smallest absolute Gasteiger partial charge is 0.252 e. The molecular formula is C14H10N2O3. The van der Waals surface area contributed by atoms with Crippen LogP contribution in [0.25, 0.3) is 0 Å². The van der Waals surface area contributed by atoms with Crippen LogP contribution < -0.4 is 10.5 Å². The van der Waals surface area contributed by atoms with E-state index in [1.807, 2.05) is 6.07 Å². The number of para-hydroxylation sites is 1. The summed E-state index contributed by atoms with van der Waals surface area (Å²) in [6.45, 7) is 0. The number of phenolic OH excluding ortho intramolecular Hbond substituents is 1. The molecule has 0 saturated heterocycles. The first-order valence-corrected chi connectivity index (χ1v) is 5.41. The van der Waals surface area contributed by atoms with Crippen molar-refractivity contribution in [3.8, 4) is 23.3 Å². The van der Waals surface area contributed by atoms with Gasteiger partial charge in [-0.05, 0) is 24.3 Å². The van der Waals surface area contributed by atoms with Crippen molar-refractivity contribution < 1.29 is 14.6 Å². The highest BCUT2D eigenvalue weighted by Gasteiger charge is 2.10. The third kappa shape index (κ3) is 2.64. The van der Waals surface area contributed by atoms with Crippen molar-refractivity contribution in [3.63, 3.8) is 0 Å². The van der Waals surface area contributed by atoms with E-state index in [4.69, 9.17) is 15.7 Å². The lowest BCUT2D eigenvalue weighted by Crippen LogP contribution is -2.11. The fourth-order valence-corrected chi connectivity index (χ4v) is 1.56. The summed E-state index contributed by atoms with van der Waals surface area (Å²) < 4.78 is 5.48. The van der Waals surface area contributed by atoms with Crippen LogP contribution >= 0.6 is 0 Å². The Morgan fingerprint density at radius 2 is 2.00 bits per heavy atom. The monoisotopic (exact) mass is 254 g/mol. The number of hydrogen-bond acceptors (Lipinski definition) is 4. The number of carbonyl (C=O) groups is 1. The van der Waals surface area contributed by atoms with Crippen LogP contribution in [0, 0.1) is 11.3 Å². The van der Waals surface area contributed by atoms with Gasteiger partial charge in [-0.1, -0.05) is 12.1 Å². The third-order valence-electron chi connectivity index (χ3n) is 2.47. The number of aromatic hydroxyl groups is 1. The molecule has 2 aromatic rings. The fraction of sp³-hybridized carbons (Fsp3) is 0. The van der Waals surface area contributed by atoms with Gasteiger partial charge in [0, 0.05) is 6.07 Å². The van der Waals surface area contributed by atoms with E-state index in [0.717, 1.165) is 0 Å². The van der Waals surface area contributed by atoms with Crippen LogP contribution in [0.3, 0.4) is 0 Å². The largest absolute Gasteiger partial charge is 0.506 e. The number of benzene rings is 2. The minimum Gasteiger partial charge on any atom is -0.506 e. The number of nitrogens with two attached hydrogens (primary N) is 1. The molecule has 19 heavy (non-hydrogen) atoms. The highest BCUT2D eigenvalue weighted by molar-refractivity contribution is 5.95. The summed E-state index contributed by atoms with van der Waals surface area (Å²) in [5.74, 6) is -0.186. The van der Waals surface area contributed by atoms with Crippen molar-refractivity contribution in [2.24, 2.45) is 5.73 Å². The maximum Gasteiger partial charge on any atom is 0.252 e. The minimum atomic E-state index is -0.603. The molecule has 3 N–H and O–H groups in total. The zero-order chi connectivity index (χ0) is 13.8. The van der Waals surface area contributed by atoms with Crippen molar-refractivity contribution in [1.29, 1.82) is 5.26 Å². The van der Waals surface area contributed by atoms with Crippen molar-refractivity contribution in [3.05, 3.63) is 53.6 Å². The Labute approximate surface area is 109 Å². The number of rotatable bonds is 3. The summed E-state index contributed by atoms with van der Waals surface area (Å²) in [5, 5.41) is 18.3. The maximum atomic E-state index is 11.2. The van der Waals surface area contributed by atoms with Gasteiger partial charge in [0.25, 0.3) is 5.91 Å². The van der Waals surface area contributed by atoms with Gasteiger partial charge in [0.2, 0.25) is 0 Å². The molecule has 0 radical (unpaired) electrons. The van der Waals surface area contributed by atoms with E-state index in [9.17, 15) is 9.90 Å². The second-order valence-electron chi connectivity index (χ2n) is 3.75. The van der Waals surface area contributed by atoms with Gasteiger partial charge in [0.05, 0.1) is 11.1 Å². The number of ether oxygens (including phenoxy) is 1. The highest BCUT2D eigenvalue weighted by Crippen LogP contribution is 2.29. The molecule has 2 rings (SSSR count). The SMILES string of the molecule is N#Cc1ccc(Oc2ccccc2C(N)=O)cc1O. The summed E-state index contributed by atoms with van der Waals surface area (Å²) >= 11 is 0. The normalized spacial score (nSPS) is 9.63. The zero-order valence-corrected chi connectivity index (χ0v) is 9.83. The van der Waals surface area contributed by atoms with Gasteiger partial charge in [0.1, 0.15) is 23.3 Å². The average Bonchev–Trinajstić information content (AvgIpc) is 2.39. The standard InChI is InChI=1S/C14H10N2O3/c15-8-9-5-6-10(7-12(9)17)19-13-4-2-1-3-11(13)14(16)18/h1-7,17H,(H2,16,18). The van der Waals surface area contributed by atoms with E-state index in [-0.39, 0.29) is 16.9 Å². The van der Waals surface area contributed by atoms with Crippen LogP contribution in [0.2, 0.25) is 0 Å². The second kappa shape index (κ2) is 5.10. The van der Waals surface area contributed by atoms with Crippen LogP contribution in [0.5, 0.6) is 17.2 Å². The van der Waals surface area contributed by atoms with E-state index in [1.165, 1.54) is 18.2 Å². The van der Waals surface area contributed by atoms with Crippen molar-refractivity contribution in [1.82, 2.24) is 0 Å². The molecule has 0 aliphatic rings. The Hall–Kier alpha value is -3.00. The fourth-order valence-electron chi connectivity index (χ4n) is 1.56. The highest BCUT2D eigenvalue weighted by atomic mass is 16.5. The molecule has 0 spiro atoms. The second-order valence-corrected chi connectivity index (χ2v) is 3.75. The van der Waals surface area contributed by atoms with Crippen molar-refractivity contribution in [2.75, 3.05) is 0 Å². The topological polar surface area (TPSA) is 96.3 Å². The Kier molecular flexibility index (Phi) is 3.35. The molecule has 0 unspecified atom stereocenters. The lowest BCUT2D eigenvalue weighted by atomic mass is 10.2. The molecule has 2 aromatic carbocycles. The van der Waals surface area contributed by atoms with Gasteiger partial charge in [-0.2, -0.15) is 5.26 Å². The van der Waals surface area contributed by atoms with Gasteiger partial charge in [0.15, 0.2) is 0 Å². The first kappa shape index (κ1) is 12.5. The Balaban J connectivity index is 2.34. The average molecular weight is 254 g/mol. The molecule has 0 aliphatic carbocycles.